The minimum atomic E-state index is 0.461. The molecule has 0 unspecified atom stereocenters. The molecular formula is C16H26OS. The fraction of sp³-hybridized carbons (Fsp3) is 0.625. The molecule has 0 saturated carbocycles. The van der Waals surface area contributed by atoms with Crippen molar-refractivity contribution in [2.45, 2.75) is 64.2 Å². The lowest BCUT2D eigenvalue weighted by Gasteiger charge is -2.09. The number of phenolic OH excluding ortho intramolecular Hbond substituents is 1. The van der Waals surface area contributed by atoms with Gasteiger partial charge in [-0.2, -0.15) is 0 Å². The molecule has 0 atom stereocenters. The highest BCUT2D eigenvalue weighted by molar-refractivity contribution is 7.99. The minimum absolute atomic E-state index is 0.461. The largest absolute Gasteiger partial charge is 0.507 e. The summed E-state index contributed by atoms with van der Waals surface area (Å²) in [6, 6.07) is 4.14. The molecule has 2 heteroatoms. The molecule has 0 heterocycles. The first-order chi connectivity index (χ1) is 8.66. The van der Waals surface area contributed by atoms with Crippen LogP contribution in [0.2, 0.25) is 0 Å². The van der Waals surface area contributed by atoms with E-state index in [0.717, 1.165) is 16.9 Å². The maximum atomic E-state index is 9.87. The number of rotatable bonds is 8. The molecule has 0 radical (unpaired) electrons. The molecule has 1 nitrogen and oxygen atoms in total. The summed E-state index contributed by atoms with van der Waals surface area (Å²) in [5, 5.41) is 9.87. The molecule has 0 amide bonds. The molecule has 1 rings (SSSR count). The van der Waals surface area contributed by atoms with E-state index in [4.69, 9.17) is 0 Å². The highest BCUT2D eigenvalue weighted by atomic mass is 32.2. The smallest absolute Gasteiger partial charge is 0.122 e. The van der Waals surface area contributed by atoms with Crippen molar-refractivity contribution in [1.29, 1.82) is 0 Å². The predicted molar refractivity (Wildman–Crippen MR) is 81.7 cm³/mol. The molecule has 0 bridgehead atoms. The zero-order chi connectivity index (χ0) is 13.4. The number of thioether (sulfide) groups is 1. The van der Waals surface area contributed by atoms with Gasteiger partial charge in [0.15, 0.2) is 0 Å². The molecule has 102 valence electrons. The van der Waals surface area contributed by atoms with Crippen molar-refractivity contribution in [2.75, 3.05) is 5.75 Å². The SMILES string of the molecule is CCCCCCCCSc1ccc(C)c(O)c1C. The second kappa shape index (κ2) is 8.47. The zero-order valence-electron chi connectivity index (χ0n) is 12.0. The topological polar surface area (TPSA) is 20.2 Å². The van der Waals surface area contributed by atoms with Crippen molar-refractivity contribution in [3.8, 4) is 5.75 Å². The molecule has 0 spiro atoms. The van der Waals surface area contributed by atoms with Crippen LogP contribution in [0.15, 0.2) is 17.0 Å². The van der Waals surface area contributed by atoms with Gasteiger partial charge in [0.2, 0.25) is 0 Å². The summed E-state index contributed by atoms with van der Waals surface area (Å²) in [7, 11) is 0. The molecular weight excluding hydrogens is 240 g/mol. The molecule has 0 aliphatic rings. The van der Waals surface area contributed by atoms with E-state index in [-0.39, 0.29) is 0 Å². The summed E-state index contributed by atoms with van der Waals surface area (Å²) in [6.07, 6.45) is 8.05. The van der Waals surface area contributed by atoms with Crippen molar-refractivity contribution in [3.05, 3.63) is 23.3 Å². The number of unbranched alkanes of at least 4 members (excludes halogenated alkanes) is 5. The Bertz CT molecular complexity index is 360. The van der Waals surface area contributed by atoms with Gasteiger partial charge in [-0.1, -0.05) is 45.1 Å². The number of hydrogen-bond acceptors (Lipinski definition) is 2. The third-order valence-corrected chi connectivity index (χ3v) is 4.58. The second-order valence-corrected chi connectivity index (χ2v) is 6.11. The minimum Gasteiger partial charge on any atom is -0.507 e. The number of phenols is 1. The van der Waals surface area contributed by atoms with E-state index in [1.807, 2.05) is 31.7 Å². The quantitative estimate of drug-likeness (QED) is 0.498. The van der Waals surface area contributed by atoms with Crippen LogP contribution in [-0.4, -0.2) is 10.9 Å². The van der Waals surface area contributed by atoms with Gasteiger partial charge >= 0.3 is 0 Å². The van der Waals surface area contributed by atoms with Crippen molar-refractivity contribution in [3.63, 3.8) is 0 Å². The van der Waals surface area contributed by atoms with E-state index in [9.17, 15) is 5.11 Å². The van der Waals surface area contributed by atoms with Crippen molar-refractivity contribution in [1.82, 2.24) is 0 Å². The van der Waals surface area contributed by atoms with Crippen LogP contribution in [-0.2, 0) is 0 Å². The third kappa shape index (κ3) is 4.93. The lowest BCUT2D eigenvalue weighted by atomic mass is 10.1. The number of aromatic hydroxyl groups is 1. The highest BCUT2D eigenvalue weighted by Crippen LogP contribution is 2.31. The van der Waals surface area contributed by atoms with E-state index in [1.165, 1.54) is 43.4 Å². The Morgan fingerprint density at radius 2 is 1.67 bits per heavy atom. The summed E-state index contributed by atoms with van der Waals surface area (Å²) in [5.41, 5.74) is 2.00. The molecule has 0 aromatic heterocycles. The Morgan fingerprint density at radius 3 is 2.39 bits per heavy atom. The fourth-order valence-electron chi connectivity index (χ4n) is 2.04. The Labute approximate surface area is 116 Å². The van der Waals surface area contributed by atoms with Crippen LogP contribution in [0.25, 0.3) is 0 Å². The van der Waals surface area contributed by atoms with E-state index in [2.05, 4.69) is 13.0 Å². The molecule has 18 heavy (non-hydrogen) atoms. The standard InChI is InChI=1S/C16H26OS/c1-4-5-6-7-8-9-12-18-15-11-10-13(2)16(17)14(15)3/h10-11,17H,4-9,12H2,1-3H3. The molecule has 0 fully saturated rings. The summed E-state index contributed by atoms with van der Waals surface area (Å²) in [6.45, 7) is 6.21. The fourth-order valence-corrected chi connectivity index (χ4v) is 3.08. The van der Waals surface area contributed by atoms with E-state index < -0.39 is 0 Å². The first-order valence-electron chi connectivity index (χ1n) is 7.08. The Balaban J connectivity index is 2.25. The molecule has 0 aliphatic carbocycles. The van der Waals surface area contributed by atoms with Crippen LogP contribution < -0.4 is 0 Å². The molecule has 0 saturated heterocycles. The van der Waals surface area contributed by atoms with Gasteiger partial charge in [0.25, 0.3) is 0 Å². The zero-order valence-corrected chi connectivity index (χ0v) is 12.8. The van der Waals surface area contributed by atoms with Crippen LogP contribution >= 0.6 is 11.8 Å². The van der Waals surface area contributed by atoms with Crippen LogP contribution in [0.3, 0.4) is 0 Å². The number of hydrogen-bond donors (Lipinski definition) is 1. The van der Waals surface area contributed by atoms with Crippen LogP contribution in [0, 0.1) is 13.8 Å². The van der Waals surface area contributed by atoms with Gasteiger partial charge in [0.1, 0.15) is 5.75 Å². The number of benzene rings is 1. The summed E-state index contributed by atoms with van der Waals surface area (Å²) in [4.78, 5) is 1.23. The van der Waals surface area contributed by atoms with Gasteiger partial charge in [-0.3, -0.25) is 0 Å². The lowest BCUT2D eigenvalue weighted by molar-refractivity contribution is 0.465. The average molecular weight is 266 g/mol. The second-order valence-electron chi connectivity index (χ2n) is 4.97. The molecule has 1 aromatic rings. The van der Waals surface area contributed by atoms with E-state index >= 15 is 0 Å². The highest BCUT2D eigenvalue weighted by Gasteiger charge is 2.06. The van der Waals surface area contributed by atoms with Gasteiger partial charge in [-0.05, 0) is 37.7 Å². The predicted octanol–water partition coefficient (Wildman–Crippen LogP) is 5.46. The van der Waals surface area contributed by atoms with Gasteiger partial charge in [0, 0.05) is 10.5 Å². The Kier molecular flexibility index (Phi) is 7.26. The Morgan fingerprint density at radius 1 is 1.00 bits per heavy atom. The first-order valence-corrected chi connectivity index (χ1v) is 8.07. The van der Waals surface area contributed by atoms with Gasteiger partial charge in [-0.25, -0.2) is 0 Å². The third-order valence-electron chi connectivity index (χ3n) is 3.34. The Hall–Kier alpha value is -0.630. The van der Waals surface area contributed by atoms with Crippen molar-refractivity contribution >= 4 is 11.8 Å². The summed E-state index contributed by atoms with van der Waals surface area (Å²) in [5.74, 6) is 1.62. The van der Waals surface area contributed by atoms with Crippen molar-refractivity contribution < 1.29 is 5.11 Å². The van der Waals surface area contributed by atoms with Gasteiger partial charge < -0.3 is 5.11 Å². The van der Waals surface area contributed by atoms with Crippen LogP contribution in [0.5, 0.6) is 5.75 Å². The van der Waals surface area contributed by atoms with E-state index in [0.29, 0.717) is 5.75 Å². The maximum Gasteiger partial charge on any atom is 0.122 e. The molecule has 1 N–H and O–H groups in total. The maximum absolute atomic E-state index is 9.87. The average Bonchev–Trinajstić information content (AvgIpc) is 2.37. The van der Waals surface area contributed by atoms with Gasteiger partial charge in [-0.15, -0.1) is 11.8 Å². The van der Waals surface area contributed by atoms with Crippen LogP contribution in [0.4, 0.5) is 0 Å². The lowest BCUT2D eigenvalue weighted by Crippen LogP contribution is -1.87. The van der Waals surface area contributed by atoms with Gasteiger partial charge in [0.05, 0.1) is 0 Å². The normalized spacial score (nSPS) is 10.8. The van der Waals surface area contributed by atoms with Crippen LogP contribution in [0.1, 0.15) is 56.6 Å². The van der Waals surface area contributed by atoms with Crippen molar-refractivity contribution in [2.24, 2.45) is 0 Å². The first kappa shape index (κ1) is 15.4. The van der Waals surface area contributed by atoms with E-state index in [1.54, 1.807) is 0 Å². The molecule has 0 aliphatic heterocycles. The number of aryl methyl sites for hydroxylation is 1. The monoisotopic (exact) mass is 266 g/mol. The molecule has 1 aromatic carbocycles. The summed E-state index contributed by atoms with van der Waals surface area (Å²) >= 11 is 1.87. The summed E-state index contributed by atoms with van der Waals surface area (Å²) < 4.78 is 0.